The number of aromatic nitrogens is 1. The number of thiazole rings is 1. The Hall–Kier alpha value is -1.53. The summed E-state index contributed by atoms with van der Waals surface area (Å²) in [5.74, 6) is 1.60. The van der Waals surface area contributed by atoms with Crippen molar-refractivity contribution in [1.29, 1.82) is 0 Å². The second-order valence-corrected chi connectivity index (χ2v) is 14.5. The van der Waals surface area contributed by atoms with E-state index in [4.69, 9.17) is 4.98 Å². The van der Waals surface area contributed by atoms with Crippen LogP contribution in [0.4, 0.5) is 0 Å². The Morgan fingerprint density at radius 2 is 1.95 bits per heavy atom. The lowest BCUT2D eigenvalue weighted by Gasteiger charge is -2.44. The Kier molecular flexibility index (Phi) is 9.26. The molecule has 0 unspecified atom stereocenters. The van der Waals surface area contributed by atoms with Crippen molar-refractivity contribution in [2.75, 3.05) is 0 Å². The van der Waals surface area contributed by atoms with Gasteiger partial charge in [-0.1, -0.05) is 70.1 Å². The third-order valence-electron chi connectivity index (χ3n) is 10.9. The number of aliphatic hydroxyl groups is 3. The van der Waals surface area contributed by atoms with Gasteiger partial charge >= 0.3 is 0 Å². The van der Waals surface area contributed by atoms with Gasteiger partial charge in [-0.05, 0) is 98.5 Å². The lowest BCUT2D eigenvalue weighted by atomic mass is 9.61. The second kappa shape index (κ2) is 12.4. The van der Waals surface area contributed by atoms with E-state index in [1.807, 2.05) is 0 Å². The van der Waals surface area contributed by atoms with E-state index in [2.05, 4.69) is 57.0 Å². The minimum atomic E-state index is -0.637. The minimum Gasteiger partial charge on any atom is -0.393 e. The molecule has 5 rings (SSSR count). The zero-order valence-electron chi connectivity index (χ0n) is 24.9. The van der Waals surface area contributed by atoms with Crippen LogP contribution in [0, 0.1) is 23.2 Å². The van der Waals surface area contributed by atoms with E-state index in [9.17, 15) is 15.3 Å². The standard InChI is InChI=1S/C35H51NO3S/c1-5-6-7-10-27-22-40-33(36-27)35(18-19-35)32(39)16-11-23(2)29-14-15-30-25(9-8-17-34(29,30)4)12-13-26-20-28(37)21-31(38)24(26)3/h11-13,16,22-23,28-32,37-39H,3,5-10,14-15,17-21H2,1-2,4H3/b16-11+,25-12+,26-13-/t23-,28+,29+,30-,31-,32+,34+/m0/s1. The fourth-order valence-corrected chi connectivity index (χ4v) is 9.33. The molecule has 5 heteroatoms. The number of fused-ring (bicyclic) bond motifs is 1. The largest absolute Gasteiger partial charge is 0.393 e. The number of unbranched alkanes of at least 4 members (excludes halogenated alkanes) is 2. The maximum absolute atomic E-state index is 11.3. The SMILES string of the molecule is C=C1/C(=C\C=C2/CCC[C@]3(C)[C@@H]([C@@H](C)/C=C/[C@@H](O)C4(c5nc(CCCCC)cs5)CC4)CC[C@@H]23)C[C@@H](O)C[C@@H]1O. The number of aliphatic hydroxyl groups excluding tert-OH is 3. The van der Waals surface area contributed by atoms with Crippen molar-refractivity contribution in [2.24, 2.45) is 23.2 Å². The molecule has 1 aromatic heterocycles. The highest BCUT2D eigenvalue weighted by molar-refractivity contribution is 7.09. The predicted octanol–water partition coefficient (Wildman–Crippen LogP) is 7.60. The molecule has 0 aliphatic heterocycles. The number of rotatable bonds is 10. The Bertz CT molecular complexity index is 1140. The van der Waals surface area contributed by atoms with Gasteiger partial charge in [0.1, 0.15) is 5.01 Å². The van der Waals surface area contributed by atoms with Crippen molar-refractivity contribution in [3.05, 3.63) is 63.7 Å². The van der Waals surface area contributed by atoms with Crippen LogP contribution in [-0.4, -0.2) is 38.6 Å². The lowest BCUT2D eigenvalue weighted by Crippen LogP contribution is -2.35. The number of hydrogen-bond donors (Lipinski definition) is 3. The van der Waals surface area contributed by atoms with E-state index >= 15 is 0 Å². The maximum Gasteiger partial charge on any atom is 0.102 e. The van der Waals surface area contributed by atoms with Crippen LogP contribution in [0.3, 0.4) is 0 Å². The number of allylic oxidation sites excluding steroid dienone is 4. The average Bonchev–Trinajstić information content (AvgIpc) is 3.46. The van der Waals surface area contributed by atoms with Gasteiger partial charge in [0.15, 0.2) is 0 Å². The molecule has 0 spiro atoms. The third kappa shape index (κ3) is 6.00. The van der Waals surface area contributed by atoms with Gasteiger partial charge in [-0.2, -0.15) is 0 Å². The van der Waals surface area contributed by atoms with Gasteiger partial charge in [-0.15, -0.1) is 11.3 Å². The first-order chi connectivity index (χ1) is 19.2. The zero-order chi connectivity index (χ0) is 28.5. The van der Waals surface area contributed by atoms with Crippen LogP contribution in [0.5, 0.6) is 0 Å². The van der Waals surface area contributed by atoms with Crippen molar-refractivity contribution >= 4 is 11.3 Å². The molecule has 0 amide bonds. The number of hydrogen-bond acceptors (Lipinski definition) is 5. The molecule has 1 heterocycles. The molecule has 7 atom stereocenters. The summed E-state index contributed by atoms with van der Waals surface area (Å²) in [4.78, 5) is 4.96. The number of aryl methyl sites for hydroxylation is 1. The van der Waals surface area contributed by atoms with Gasteiger partial charge in [-0.3, -0.25) is 0 Å². The molecular formula is C35H51NO3S. The minimum absolute atomic E-state index is 0.162. The molecule has 4 aliphatic carbocycles. The second-order valence-electron chi connectivity index (χ2n) is 13.6. The maximum atomic E-state index is 11.3. The van der Waals surface area contributed by atoms with Gasteiger partial charge in [0.05, 0.1) is 29.4 Å². The third-order valence-corrected chi connectivity index (χ3v) is 12.0. The highest BCUT2D eigenvalue weighted by Gasteiger charge is 2.53. The van der Waals surface area contributed by atoms with Crippen LogP contribution in [0.15, 0.2) is 53.0 Å². The van der Waals surface area contributed by atoms with Crippen molar-refractivity contribution in [3.63, 3.8) is 0 Å². The summed E-state index contributed by atoms with van der Waals surface area (Å²) in [5.41, 5.74) is 4.59. The molecule has 4 fully saturated rings. The average molecular weight is 566 g/mol. The first-order valence-electron chi connectivity index (χ1n) is 15.9. The Balaban J connectivity index is 1.24. The van der Waals surface area contributed by atoms with Crippen LogP contribution in [0.25, 0.3) is 0 Å². The van der Waals surface area contributed by atoms with Crippen LogP contribution < -0.4 is 0 Å². The van der Waals surface area contributed by atoms with Crippen LogP contribution in [-0.2, 0) is 11.8 Å². The first-order valence-corrected chi connectivity index (χ1v) is 16.8. The summed E-state index contributed by atoms with van der Waals surface area (Å²) in [6.45, 7) is 11.2. The molecule has 1 aromatic rings. The molecule has 0 bridgehead atoms. The quantitative estimate of drug-likeness (QED) is 0.202. The van der Waals surface area contributed by atoms with E-state index in [-0.39, 0.29) is 10.8 Å². The van der Waals surface area contributed by atoms with E-state index in [1.165, 1.54) is 56.2 Å². The zero-order valence-corrected chi connectivity index (χ0v) is 25.8. The van der Waals surface area contributed by atoms with Crippen molar-refractivity contribution in [1.82, 2.24) is 4.98 Å². The lowest BCUT2D eigenvalue weighted by molar-refractivity contribution is 0.0862. The predicted molar refractivity (Wildman–Crippen MR) is 165 cm³/mol. The van der Waals surface area contributed by atoms with Gasteiger partial charge in [0.2, 0.25) is 0 Å². The van der Waals surface area contributed by atoms with Gasteiger partial charge in [0.25, 0.3) is 0 Å². The summed E-state index contributed by atoms with van der Waals surface area (Å²) in [6.07, 6.45) is 21.0. The highest BCUT2D eigenvalue weighted by atomic mass is 32.1. The Labute approximate surface area is 246 Å². The van der Waals surface area contributed by atoms with Crippen molar-refractivity contribution < 1.29 is 15.3 Å². The Morgan fingerprint density at radius 1 is 1.15 bits per heavy atom. The molecule has 40 heavy (non-hydrogen) atoms. The summed E-state index contributed by atoms with van der Waals surface area (Å²) < 4.78 is 0. The molecule has 0 saturated heterocycles. The van der Waals surface area contributed by atoms with Crippen LogP contribution in [0.1, 0.15) is 109 Å². The summed E-state index contributed by atoms with van der Waals surface area (Å²) in [7, 11) is 0. The van der Waals surface area contributed by atoms with Gasteiger partial charge in [0, 0.05) is 11.8 Å². The van der Waals surface area contributed by atoms with Crippen LogP contribution >= 0.6 is 11.3 Å². The monoisotopic (exact) mass is 565 g/mol. The topological polar surface area (TPSA) is 73.6 Å². The molecular weight excluding hydrogens is 514 g/mol. The van der Waals surface area contributed by atoms with Gasteiger partial charge in [-0.25, -0.2) is 4.98 Å². The molecule has 0 aromatic carbocycles. The van der Waals surface area contributed by atoms with E-state index in [0.29, 0.717) is 30.6 Å². The molecule has 4 saturated carbocycles. The molecule has 220 valence electrons. The smallest absolute Gasteiger partial charge is 0.102 e. The normalized spacial score (nSPS) is 35.4. The summed E-state index contributed by atoms with van der Waals surface area (Å²) in [5, 5.41) is 35.1. The fourth-order valence-electron chi connectivity index (χ4n) is 8.18. The Morgan fingerprint density at radius 3 is 2.70 bits per heavy atom. The van der Waals surface area contributed by atoms with E-state index < -0.39 is 18.3 Å². The molecule has 0 radical (unpaired) electrons. The van der Waals surface area contributed by atoms with Crippen molar-refractivity contribution in [2.45, 2.75) is 128 Å². The molecule has 3 N–H and O–H groups in total. The summed E-state index contributed by atoms with van der Waals surface area (Å²) >= 11 is 1.75. The van der Waals surface area contributed by atoms with Crippen molar-refractivity contribution in [3.8, 4) is 0 Å². The molecule has 4 nitrogen and oxygen atoms in total. The van der Waals surface area contributed by atoms with E-state index in [1.54, 1.807) is 11.3 Å². The van der Waals surface area contributed by atoms with Crippen LogP contribution in [0.2, 0.25) is 0 Å². The molecule has 4 aliphatic rings. The number of nitrogens with zero attached hydrogens (tertiary/aromatic N) is 1. The summed E-state index contributed by atoms with van der Waals surface area (Å²) in [6, 6.07) is 0. The first kappa shape index (κ1) is 29.9. The van der Waals surface area contributed by atoms with Gasteiger partial charge < -0.3 is 15.3 Å². The fraction of sp³-hybridized carbons (Fsp3) is 0.686. The highest BCUT2D eigenvalue weighted by Crippen LogP contribution is 2.60. The van der Waals surface area contributed by atoms with E-state index in [0.717, 1.165) is 41.8 Å².